The topological polar surface area (TPSA) is 45.2 Å². The van der Waals surface area contributed by atoms with Crippen molar-refractivity contribution in [2.75, 3.05) is 11.9 Å². The standard InChI is InChI=1S/C20H18ClF4N3O/c1-11-12(2)28(9-7-14(11)18-17(22)4-3-8-26-18)19(29)27-13-5-6-15(16(21)10-13)20(23,24)25/h3-6,8,10,12H,7,9H2,1-2H3,(H,27,29)/t12-/m0/s1. The first-order chi connectivity index (χ1) is 13.6. The van der Waals surface area contributed by atoms with Crippen LogP contribution in [0.2, 0.25) is 5.02 Å². The van der Waals surface area contributed by atoms with Gasteiger partial charge in [0.05, 0.1) is 16.6 Å². The van der Waals surface area contributed by atoms with Gasteiger partial charge in [-0.15, -0.1) is 0 Å². The number of halogens is 5. The van der Waals surface area contributed by atoms with Crippen LogP contribution in [0.25, 0.3) is 5.57 Å². The zero-order valence-electron chi connectivity index (χ0n) is 15.6. The Morgan fingerprint density at radius 2 is 2.03 bits per heavy atom. The number of nitrogens with zero attached hydrogens (tertiary/aromatic N) is 2. The molecule has 1 aliphatic rings. The first kappa shape index (κ1) is 21.1. The van der Waals surface area contributed by atoms with Gasteiger partial charge >= 0.3 is 12.2 Å². The molecule has 1 aromatic heterocycles. The number of benzene rings is 1. The molecule has 0 saturated heterocycles. The van der Waals surface area contributed by atoms with E-state index in [-0.39, 0.29) is 17.4 Å². The average molecular weight is 428 g/mol. The minimum atomic E-state index is -4.57. The van der Waals surface area contributed by atoms with E-state index in [1.54, 1.807) is 6.92 Å². The van der Waals surface area contributed by atoms with Gasteiger partial charge in [-0.2, -0.15) is 13.2 Å². The molecule has 1 aromatic carbocycles. The highest BCUT2D eigenvalue weighted by Crippen LogP contribution is 2.36. The van der Waals surface area contributed by atoms with Crippen LogP contribution in [-0.4, -0.2) is 28.5 Å². The van der Waals surface area contributed by atoms with Crippen molar-refractivity contribution in [3.8, 4) is 0 Å². The van der Waals surface area contributed by atoms with Gasteiger partial charge in [-0.05, 0) is 61.7 Å². The third-order valence-corrected chi connectivity index (χ3v) is 5.32. The number of amides is 2. The molecule has 9 heteroatoms. The molecular formula is C20H18ClF4N3O. The fourth-order valence-electron chi connectivity index (χ4n) is 3.32. The van der Waals surface area contributed by atoms with Crippen molar-refractivity contribution < 1.29 is 22.4 Å². The quantitative estimate of drug-likeness (QED) is 0.598. The zero-order chi connectivity index (χ0) is 21.3. The van der Waals surface area contributed by atoms with Crippen LogP contribution in [0.5, 0.6) is 0 Å². The smallest absolute Gasteiger partial charge is 0.318 e. The van der Waals surface area contributed by atoms with Crippen LogP contribution in [0, 0.1) is 5.82 Å². The van der Waals surface area contributed by atoms with Crippen LogP contribution >= 0.6 is 11.6 Å². The maximum Gasteiger partial charge on any atom is 0.417 e. The van der Waals surface area contributed by atoms with Crippen molar-refractivity contribution >= 4 is 28.9 Å². The van der Waals surface area contributed by atoms with E-state index in [2.05, 4.69) is 10.3 Å². The lowest BCUT2D eigenvalue weighted by atomic mass is 9.92. The molecule has 4 nitrogen and oxygen atoms in total. The molecule has 1 N–H and O–H groups in total. The normalized spacial score (nSPS) is 17.5. The number of hydrogen-bond acceptors (Lipinski definition) is 2. The molecular weight excluding hydrogens is 410 g/mol. The summed E-state index contributed by atoms with van der Waals surface area (Å²) in [6.07, 6.45) is -2.65. The van der Waals surface area contributed by atoms with E-state index < -0.39 is 28.6 Å². The summed E-state index contributed by atoms with van der Waals surface area (Å²) in [5, 5.41) is 2.08. The third kappa shape index (κ3) is 4.37. The van der Waals surface area contributed by atoms with Gasteiger partial charge in [0.1, 0.15) is 11.5 Å². The van der Waals surface area contributed by atoms with Gasteiger partial charge in [0.15, 0.2) is 0 Å². The molecule has 2 aromatic rings. The number of rotatable bonds is 2. The lowest BCUT2D eigenvalue weighted by Gasteiger charge is -2.36. The first-order valence-corrected chi connectivity index (χ1v) is 9.22. The third-order valence-electron chi connectivity index (χ3n) is 5.00. The van der Waals surface area contributed by atoms with Crippen LogP contribution in [0.4, 0.5) is 28.0 Å². The SMILES string of the molecule is CC1=C(c2ncccc2F)CCN(C(=O)Nc2ccc(C(F)(F)F)c(Cl)c2)[C@H]1C. The fourth-order valence-corrected chi connectivity index (χ4v) is 3.61. The number of urea groups is 1. The van der Waals surface area contributed by atoms with E-state index >= 15 is 0 Å². The Bertz CT molecular complexity index is 974. The van der Waals surface area contributed by atoms with Crippen molar-refractivity contribution in [2.24, 2.45) is 0 Å². The van der Waals surface area contributed by atoms with Crippen LogP contribution in [0.15, 0.2) is 42.1 Å². The van der Waals surface area contributed by atoms with Gasteiger partial charge in [-0.1, -0.05) is 11.6 Å². The van der Waals surface area contributed by atoms with Crippen molar-refractivity contribution in [2.45, 2.75) is 32.5 Å². The van der Waals surface area contributed by atoms with E-state index in [4.69, 9.17) is 11.6 Å². The summed E-state index contributed by atoms with van der Waals surface area (Å²) in [5.74, 6) is -0.425. The van der Waals surface area contributed by atoms with Crippen LogP contribution in [0.1, 0.15) is 31.5 Å². The number of pyridine rings is 1. The van der Waals surface area contributed by atoms with E-state index in [1.165, 1.54) is 23.2 Å². The lowest BCUT2D eigenvalue weighted by molar-refractivity contribution is -0.137. The highest BCUT2D eigenvalue weighted by Gasteiger charge is 2.33. The number of hydrogen-bond donors (Lipinski definition) is 1. The Balaban J connectivity index is 1.78. The summed E-state index contributed by atoms with van der Waals surface area (Å²) in [6.45, 7) is 3.92. The maximum atomic E-state index is 14.1. The molecule has 0 spiro atoms. The Kier molecular flexibility index (Phi) is 5.84. The molecule has 1 aliphatic heterocycles. The maximum absolute atomic E-state index is 14.1. The molecule has 0 radical (unpaired) electrons. The number of alkyl halides is 3. The van der Waals surface area contributed by atoms with Gasteiger partial charge in [0.25, 0.3) is 0 Å². The second kappa shape index (κ2) is 8.02. The van der Waals surface area contributed by atoms with E-state index in [0.29, 0.717) is 13.0 Å². The van der Waals surface area contributed by atoms with E-state index in [0.717, 1.165) is 29.3 Å². The number of carbonyl (C=O) groups excluding carboxylic acids is 1. The number of aromatic nitrogens is 1. The number of nitrogens with one attached hydrogen (secondary N) is 1. The molecule has 0 aliphatic carbocycles. The Morgan fingerprint density at radius 1 is 1.31 bits per heavy atom. The van der Waals surface area contributed by atoms with Crippen molar-refractivity contribution in [3.63, 3.8) is 0 Å². The Labute approximate surface area is 170 Å². The van der Waals surface area contributed by atoms with Gasteiger partial charge < -0.3 is 10.2 Å². The average Bonchev–Trinajstić information content (AvgIpc) is 2.63. The molecule has 1 atom stereocenters. The second-order valence-electron chi connectivity index (χ2n) is 6.74. The van der Waals surface area contributed by atoms with Crippen molar-refractivity contribution in [1.82, 2.24) is 9.88 Å². The van der Waals surface area contributed by atoms with Crippen molar-refractivity contribution in [1.29, 1.82) is 0 Å². The molecule has 0 fully saturated rings. The van der Waals surface area contributed by atoms with Crippen LogP contribution in [-0.2, 0) is 6.18 Å². The molecule has 0 unspecified atom stereocenters. The summed E-state index contributed by atoms with van der Waals surface area (Å²) in [6, 6.07) is 5.06. The van der Waals surface area contributed by atoms with Gasteiger partial charge in [-0.25, -0.2) is 9.18 Å². The molecule has 2 heterocycles. The summed E-state index contributed by atoms with van der Waals surface area (Å²) >= 11 is 5.70. The molecule has 3 rings (SSSR count). The Hall–Kier alpha value is -2.61. The molecule has 0 bridgehead atoms. The lowest BCUT2D eigenvalue weighted by Crippen LogP contribution is -2.45. The van der Waals surface area contributed by atoms with Crippen LogP contribution in [0.3, 0.4) is 0 Å². The number of anilines is 1. The van der Waals surface area contributed by atoms with Gasteiger partial charge in [0, 0.05) is 18.4 Å². The first-order valence-electron chi connectivity index (χ1n) is 8.84. The van der Waals surface area contributed by atoms with Gasteiger partial charge in [0.2, 0.25) is 0 Å². The summed E-state index contributed by atoms with van der Waals surface area (Å²) in [4.78, 5) is 18.3. The molecule has 2 amide bonds. The van der Waals surface area contributed by atoms with Gasteiger partial charge in [-0.3, -0.25) is 4.98 Å². The Morgan fingerprint density at radius 3 is 2.66 bits per heavy atom. The molecule has 29 heavy (non-hydrogen) atoms. The van der Waals surface area contributed by atoms with E-state index in [9.17, 15) is 22.4 Å². The summed E-state index contributed by atoms with van der Waals surface area (Å²) in [7, 11) is 0. The number of carbonyl (C=O) groups is 1. The minimum Gasteiger partial charge on any atom is -0.318 e. The minimum absolute atomic E-state index is 0.156. The predicted octanol–water partition coefficient (Wildman–Crippen LogP) is 5.99. The van der Waals surface area contributed by atoms with E-state index in [1.807, 2.05) is 6.92 Å². The highest BCUT2D eigenvalue weighted by atomic mass is 35.5. The molecule has 0 saturated carbocycles. The monoisotopic (exact) mass is 427 g/mol. The second-order valence-corrected chi connectivity index (χ2v) is 7.14. The predicted molar refractivity (Wildman–Crippen MR) is 103 cm³/mol. The summed E-state index contributed by atoms with van der Waals surface area (Å²) in [5.41, 5.74) is 1.01. The zero-order valence-corrected chi connectivity index (χ0v) is 16.4. The fraction of sp³-hybridized carbons (Fsp3) is 0.300. The highest BCUT2D eigenvalue weighted by molar-refractivity contribution is 6.31. The van der Waals surface area contributed by atoms with Crippen molar-refractivity contribution in [3.05, 3.63) is 64.2 Å². The summed E-state index contributed by atoms with van der Waals surface area (Å²) < 4.78 is 52.5. The molecule has 154 valence electrons. The largest absolute Gasteiger partial charge is 0.417 e. The van der Waals surface area contributed by atoms with Crippen LogP contribution < -0.4 is 5.32 Å².